The van der Waals surface area contributed by atoms with Crippen LogP contribution in [0.25, 0.3) is 0 Å². The highest BCUT2D eigenvalue weighted by Gasteiger charge is 2.36. The van der Waals surface area contributed by atoms with E-state index in [1.165, 1.54) is 0 Å². The van der Waals surface area contributed by atoms with Crippen LogP contribution in [0.3, 0.4) is 0 Å². The van der Waals surface area contributed by atoms with Gasteiger partial charge >= 0.3 is 0 Å². The van der Waals surface area contributed by atoms with Crippen molar-refractivity contribution < 1.29 is 21.2 Å². The van der Waals surface area contributed by atoms with Gasteiger partial charge in [-0.1, -0.05) is 25.4 Å². The lowest BCUT2D eigenvalue weighted by Gasteiger charge is -2.32. The van der Waals surface area contributed by atoms with Crippen molar-refractivity contribution >= 4 is 31.5 Å². The van der Waals surface area contributed by atoms with Crippen LogP contribution in [0.1, 0.15) is 26.7 Å². The normalized spacial score (nSPS) is 20.5. The second-order valence-corrected chi connectivity index (χ2v) is 11.1. The molecule has 9 heteroatoms. The van der Waals surface area contributed by atoms with Crippen LogP contribution in [0.5, 0.6) is 0 Å². The number of nitrogens with zero attached hydrogens (tertiary/aromatic N) is 1. The summed E-state index contributed by atoms with van der Waals surface area (Å²) in [5.74, 6) is -0.682. The summed E-state index contributed by atoms with van der Waals surface area (Å²) in [6, 6.07) is 3.19. The van der Waals surface area contributed by atoms with E-state index in [1.807, 2.05) is 13.8 Å². The van der Waals surface area contributed by atoms with Crippen LogP contribution >= 0.6 is 11.6 Å². The Morgan fingerprint density at radius 2 is 1.96 bits per heavy atom. The van der Waals surface area contributed by atoms with Crippen molar-refractivity contribution in [1.29, 1.82) is 0 Å². The molecule has 136 valence electrons. The third kappa shape index (κ3) is 4.28. The van der Waals surface area contributed by atoms with E-state index in [2.05, 4.69) is 0 Å². The molecular weight excluding hydrogens is 377 g/mol. The molecule has 0 N–H and O–H groups in total. The van der Waals surface area contributed by atoms with Gasteiger partial charge in [0.1, 0.15) is 5.82 Å². The van der Waals surface area contributed by atoms with Gasteiger partial charge in [0.15, 0.2) is 9.84 Å². The second-order valence-electron chi connectivity index (χ2n) is 6.43. The van der Waals surface area contributed by atoms with Crippen molar-refractivity contribution in [2.75, 3.05) is 18.8 Å². The molecule has 0 spiro atoms. The molecule has 0 saturated carbocycles. The van der Waals surface area contributed by atoms with Gasteiger partial charge in [0.25, 0.3) is 0 Å². The second kappa shape index (κ2) is 7.27. The number of sulfonamides is 1. The molecule has 1 aliphatic rings. The summed E-state index contributed by atoms with van der Waals surface area (Å²) in [5, 5.41) is -0.989. The van der Waals surface area contributed by atoms with Crippen LogP contribution in [0.15, 0.2) is 23.1 Å². The van der Waals surface area contributed by atoms with E-state index < -0.39 is 30.9 Å². The smallest absolute Gasteiger partial charge is 0.228 e. The Morgan fingerprint density at radius 3 is 2.54 bits per heavy atom. The Labute approximate surface area is 147 Å². The van der Waals surface area contributed by atoms with Crippen LogP contribution in [0.4, 0.5) is 4.39 Å². The van der Waals surface area contributed by atoms with Gasteiger partial charge < -0.3 is 0 Å². The number of halogens is 2. The summed E-state index contributed by atoms with van der Waals surface area (Å²) in [4.78, 5) is -0.129. The van der Waals surface area contributed by atoms with Crippen molar-refractivity contribution in [2.45, 2.75) is 36.8 Å². The lowest BCUT2D eigenvalue weighted by atomic mass is 10.2. The maximum absolute atomic E-state index is 13.2. The van der Waals surface area contributed by atoms with Crippen LogP contribution in [-0.2, 0) is 19.9 Å². The molecule has 1 heterocycles. The zero-order valence-electron chi connectivity index (χ0n) is 13.6. The first-order valence-corrected chi connectivity index (χ1v) is 11.2. The maximum atomic E-state index is 13.2. The molecule has 0 aliphatic carbocycles. The quantitative estimate of drug-likeness (QED) is 0.765. The summed E-state index contributed by atoms with van der Waals surface area (Å²) in [7, 11) is -7.27. The molecule has 0 bridgehead atoms. The summed E-state index contributed by atoms with van der Waals surface area (Å²) >= 11 is 5.66. The Kier molecular flexibility index (Phi) is 5.95. The number of piperidine rings is 1. The van der Waals surface area contributed by atoms with E-state index in [4.69, 9.17) is 11.6 Å². The predicted molar refractivity (Wildman–Crippen MR) is 91.8 cm³/mol. The maximum Gasteiger partial charge on any atom is 0.243 e. The van der Waals surface area contributed by atoms with Gasteiger partial charge in [0.2, 0.25) is 10.0 Å². The van der Waals surface area contributed by atoms with E-state index in [0.717, 1.165) is 22.5 Å². The van der Waals surface area contributed by atoms with Crippen LogP contribution < -0.4 is 0 Å². The topological polar surface area (TPSA) is 71.5 Å². The Morgan fingerprint density at radius 1 is 1.29 bits per heavy atom. The van der Waals surface area contributed by atoms with Gasteiger partial charge in [0.05, 0.1) is 20.9 Å². The molecule has 2 rings (SSSR count). The molecule has 1 atom stereocenters. The predicted octanol–water partition coefficient (Wildman–Crippen LogP) is 2.70. The fraction of sp³-hybridized carbons (Fsp3) is 0.600. The largest absolute Gasteiger partial charge is 0.243 e. The molecule has 0 unspecified atom stereocenters. The van der Waals surface area contributed by atoms with Gasteiger partial charge in [-0.15, -0.1) is 0 Å². The van der Waals surface area contributed by atoms with Crippen LogP contribution in [-0.4, -0.2) is 45.2 Å². The minimum absolute atomic E-state index is 0.0158. The minimum atomic E-state index is -3.91. The molecule has 0 aromatic heterocycles. The average molecular weight is 398 g/mol. The first-order chi connectivity index (χ1) is 11.0. The van der Waals surface area contributed by atoms with E-state index in [0.29, 0.717) is 12.8 Å². The molecule has 24 heavy (non-hydrogen) atoms. The standard InChI is InChI=1S/C15H21ClFNO4S2/c1-11(2)10-23(19,20)13-4-3-7-18(9-13)24(21,22)12-5-6-15(17)14(16)8-12/h5-6,8,11,13H,3-4,7,9-10H2,1-2H3/t13-/m0/s1. The molecular formula is C15H21ClFNO4S2. The van der Waals surface area contributed by atoms with Gasteiger partial charge in [0, 0.05) is 13.1 Å². The number of hydrogen-bond donors (Lipinski definition) is 0. The lowest BCUT2D eigenvalue weighted by molar-refractivity contribution is 0.345. The van der Waals surface area contributed by atoms with E-state index in [9.17, 15) is 21.2 Å². The highest BCUT2D eigenvalue weighted by molar-refractivity contribution is 7.92. The summed E-state index contributed by atoms with van der Waals surface area (Å²) in [5.41, 5.74) is 0. The summed E-state index contributed by atoms with van der Waals surface area (Å²) in [6.45, 7) is 3.79. The molecule has 0 amide bonds. The van der Waals surface area contributed by atoms with Crippen molar-refractivity contribution in [3.05, 3.63) is 29.0 Å². The number of rotatable bonds is 5. The molecule has 1 aromatic rings. The van der Waals surface area contributed by atoms with Gasteiger partial charge in [-0.25, -0.2) is 21.2 Å². The third-order valence-electron chi connectivity index (χ3n) is 3.94. The van der Waals surface area contributed by atoms with Gasteiger partial charge in [-0.2, -0.15) is 4.31 Å². The Balaban J connectivity index is 2.26. The monoisotopic (exact) mass is 397 g/mol. The molecule has 0 radical (unpaired) electrons. The highest BCUT2D eigenvalue weighted by atomic mass is 35.5. The number of benzene rings is 1. The van der Waals surface area contributed by atoms with Crippen molar-refractivity contribution in [3.8, 4) is 0 Å². The third-order valence-corrected chi connectivity index (χ3v) is 8.63. The molecule has 1 saturated heterocycles. The van der Waals surface area contributed by atoms with Crippen molar-refractivity contribution in [1.82, 2.24) is 4.31 Å². The van der Waals surface area contributed by atoms with Gasteiger partial charge in [-0.05, 0) is 37.0 Å². The fourth-order valence-corrected chi connectivity index (χ4v) is 6.83. The van der Waals surface area contributed by atoms with Crippen molar-refractivity contribution in [2.24, 2.45) is 5.92 Å². The Bertz CT molecular complexity index is 809. The first kappa shape index (κ1) is 19.6. The van der Waals surface area contributed by atoms with E-state index >= 15 is 0 Å². The van der Waals surface area contributed by atoms with Crippen LogP contribution in [0, 0.1) is 11.7 Å². The molecule has 1 aliphatic heterocycles. The van der Waals surface area contributed by atoms with E-state index in [-0.39, 0.29) is 34.7 Å². The molecule has 1 fully saturated rings. The molecule has 1 aromatic carbocycles. The summed E-state index contributed by atoms with van der Waals surface area (Å²) in [6.07, 6.45) is 0.918. The summed E-state index contributed by atoms with van der Waals surface area (Å²) < 4.78 is 64.6. The minimum Gasteiger partial charge on any atom is -0.228 e. The number of sulfone groups is 1. The average Bonchev–Trinajstić information content (AvgIpc) is 2.49. The highest BCUT2D eigenvalue weighted by Crippen LogP contribution is 2.27. The zero-order chi connectivity index (χ0) is 18.1. The van der Waals surface area contributed by atoms with Crippen LogP contribution in [0.2, 0.25) is 5.02 Å². The fourth-order valence-electron chi connectivity index (χ4n) is 2.80. The zero-order valence-corrected chi connectivity index (χ0v) is 16.0. The van der Waals surface area contributed by atoms with Gasteiger partial charge in [-0.3, -0.25) is 0 Å². The Hall–Kier alpha value is -0.700. The number of hydrogen-bond acceptors (Lipinski definition) is 4. The first-order valence-electron chi connectivity index (χ1n) is 7.71. The lowest BCUT2D eigenvalue weighted by Crippen LogP contribution is -2.46. The van der Waals surface area contributed by atoms with Crippen molar-refractivity contribution in [3.63, 3.8) is 0 Å². The SMILES string of the molecule is CC(C)CS(=O)(=O)[C@H]1CCCN(S(=O)(=O)c2ccc(F)c(Cl)c2)C1. The molecule has 5 nitrogen and oxygen atoms in total. The van der Waals surface area contributed by atoms with E-state index in [1.54, 1.807) is 0 Å².